The van der Waals surface area contributed by atoms with Crippen molar-refractivity contribution >= 4 is 22.0 Å². The molecule has 5 fully saturated rings. The van der Waals surface area contributed by atoms with Crippen LogP contribution in [0.2, 0.25) is 0 Å². The summed E-state index contributed by atoms with van der Waals surface area (Å²) in [6.07, 6.45) is 12.0. The second kappa shape index (κ2) is 7.07. The molecule has 1 atom stereocenters. The van der Waals surface area contributed by atoms with Crippen LogP contribution in [-0.4, -0.2) is 30.6 Å². The summed E-state index contributed by atoms with van der Waals surface area (Å²) in [5, 5.41) is 0. The van der Waals surface area contributed by atoms with Crippen molar-refractivity contribution in [1.29, 1.82) is 0 Å². The van der Waals surface area contributed by atoms with E-state index in [1.807, 2.05) is 0 Å². The van der Waals surface area contributed by atoms with Crippen molar-refractivity contribution in [1.82, 2.24) is 0 Å². The Kier molecular flexibility index (Phi) is 4.94. The SMILES string of the molecule is [Li][c]1cc(C(C)(C)C)cc(C23CC4CC(CC(C4)C2)C3)c1OC1CCCCO1. The van der Waals surface area contributed by atoms with Gasteiger partial charge in [-0.1, -0.05) is 0 Å². The van der Waals surface area contributed by atoms with Crippen LogP contribution in [0.3, 0.4) is 0 Å². The van der Waals surface area contributed by atoms with E-state index in [-0.39, 0.29) is 11.7 Å². The van der Waals surface area contributed by atoms with E-state index in [1.54, 1.807) is 0 Å². The Morgan fingerprint density at radius 3 is 2.18 bits per heavy atom. The molecule has 0 amide bonds. The summed E-state index contributed by atoms with van der Waals surface area (Å²) >= 11 is 2.26. The number of ether oxygens (including phenoxy) is 2. The van der Waals surface area contributed by atoms with E-state index < -0.39 is 0 Å². The summed E-state index contributed by atoms with van der Waals surface area (Å²) in [6.45, 7) is 7.87. The number of hydrogen-bond acceptors (Lipinski definition) is 2. The predicted molar refractivity (Wildman–Crippen MR) is 115 cm³/mol. The zero-order chi connectivity index (χ0) is 19.5. The van der Waals surface area contributed by atoms with Gasteiger partial charge in [-0.25, -0.2) is 0 Å². The van der Waals surface area contributed by atoms with Gasteiger partial charge in [0.15, 0.2) is 0 Å². The molecule has 0 N–H and O–H groups in total. The van der Waals surface area contributed by atoms with Crippen molar-refractivity contribution in [2.75, 3.05) is 6.61 Å². The molecule has 1 aromatic rings. The van der Waals surface area contributed by atoms with Crippen LogP contribution in [-0.2, 0) is 15.6 Å². The van der Waals surface area contributed by atoms with Crippen LogP contribution < -0.4 is 8.97 Å². The third-order valence-corrected chi connectivity index (χ3v) is 8.14. The van der Waals surface area contributed by atoms with Gasteiger partial charge in [-0.3, -0.25) is 0 Å². The van der Waals surface area contributed by atoms with Gasteiger partial charge in [0.2, 0.25) is 0 Å². The molecule has 0 radical (unpaired) electrons. The Hall–Kier alpha value is -0.423. The Balaban J connectivity index is 1.58. The van der Waals surface area contributed by atoms with Crippen LogP contribution in [0, 0.1) is 17.8 Å². The van der Waals surface area contributed by atoms with Gasteiger partial charge >= 0.3 is 180 Å². The molecule has 2 nitrogen and oxygen atoms in total. The molecule has 1 unspecified atom stereocenters. The standard InChI is InChI=1S/C25H35O2.Li/c1-24(2,3)20-7-8-22(27-23-6-4-5-9-26-23)21(13-20)25-14-17-10-18(15-25)12-19(11-17)16-25;/h7,13,17-19,23H,4-6,9-12,14-16H2,1-3H3;. The van der Waals surface area contributed by atoms with Crippen molar-refractivity contribution in [2.24, 2.45) is 17.8 Å². The summed E-state index contributed by atoms with van der Waals surface area (Å²) in [6, 6.07) is 4.92. The van der Waals surface area contributed by atoms with E-state index in [0.29, 0.717) is 5.41 Å². The summed E-state index contributed by atoms with van der Waals surface area (Å²) in [4.78, 5) is 0. The average Bonchev–Trinajstić information content (AvgIpc) is 2.62. The van der Waals surface area contributed by atoms with Crippen molar-refractivity contribution in [3.05, 3.63) is 23.3 Å². The topological polar surface area (TPSA) is 18.5 Å². The zero-order valence-corrected chi connectivity index (χ0v) is 18.4. The van der Waals surface area contributed by atoms with Gasteiger partial charge in [-0.05, 0) is 0 Å². The molecule has 4 saturated carbocycles. The van der Waals surface area contributed by atoms with Crippen molar-refractivity contribution < 1.29 is 9.47 Å². The minimum absolute atomic E-state index is 0.0550. The van der Waals surface area contributed by atoms with Crippen molar-refractivity contribution in [2.45, 2.75) is 95.7 Å². The Morgan fingerprint density at radius 1 is 1.00 bits per heavy atom. The molecule has 148 valence electrons. The van der Waals surface area contributed by atoms with E-state index in [1.165, 1.54) is 72.5 Å². The molecule has 4 aliphatic carbocycles. The van der Waals surface area contributed by atoms with Gasteiger partial charge in [-0.15, -0.1) is 0 Å². The Bertz CT molecular complexity index is 706. The molecule has 3 heteroatoms. The normalized spacial score (nSPS) is 37.3. The molecular weight excluding hydrogens is 339 g/mol. The summed E-state index contributed by atoms with van der Waals surface area (Å²) < 4.78 is 14.0. The maximum absolute atomic E-state index is 6.65. The molecule has 0 aromatic heterocycles. The van der Waals surface area contributed by atoms with Gasteiger partial charge in [0, 0.05) is 0 Å². The molecule has 1 aliphatic heterocycles. The summed E-state index contributed by atoms with van der Waals surface area (Å²) in [7, 11) is 0. The zero-order valence-electron chi connectivity index (χ0n) is 18.4. The first-order valence-corrected chi connectivity index (χ1v) is 11.8. The van der Waals surface area contributed by atoms with E-state index in [4.69, 9.17) is 9.47 Å². The van der Waals surface area contributed by atoms with E-state index in [0.717, 1.165) is 30.8 Å². The predicted octanol–water partition coefficient (Wildman–Crippen LogP) is 5.15. The average molecular weight is 374 g/mol. The van der Waals surface area contributed by atoms with Gasteiger partial charge in [0.25, 0.3) is 0 Å². The third kappa shape index (κ3) is 3.49. The van der Waals surface area contributed by atoms with Crippen LogP contribution >= 0.6 is 0 Å². The second-order valence-corrected chi connectivity index (χ2v) is 11.5. The van der Waals surface area contributed by atoms with Crippen LogP contribution in [0.4, 0.5) is 0 Å². The molecule has 1 saturated heterocycles. The van der Waals surface area contributed by atoms with Crippen LogP contribution in [0.1, 0.15) is 89.7 Å². The molecule has 28 heavy (non-hydrogen) atoms. The molecule has 1 aromatic carbocycles. The Labute approximate surface area is 180 Å². The number of hydrogen-bond donors (Lipinski definition) is 0. The second-order valence-electron chi connectivity index (χ2n) is 11.5. The molecule has 4 bridgehead atoms. The van der Waals surface area contributed by atoms with Crippen LogP contribution in [0.5, 0.6) is 5.75 Å². The molecule has 5 aliphatic rings. The molecule has 1 heterocycles. The number of benzene rings is 1. The quantitative estimate of drug-likeness (QED) is 0.681. The Morgan fingerprint density at radius 2 is 1.64 bits per heavy atom. The fourth-order valence-electron chi connectivity index (χ4n) is 7.13. The fourth-order valence-corrected chi connectivity index (χ4v) is 7.13. The summed E-state index contributed by atoms with van der Waals surface area (Å²) in [5.41, 5.74) is 3.52. The molecular formula is C25H35LiO2. The van der Waals surface area contributed by atoms with Gasteiger partial charge in [0.1, 0.15) is 0 Å². The van der Waals surface area contributed by atoms with Gasteiger partial charge < -0.3 is 0 Å². The monoisotopic (exact) mass is 374 g/mol. The van der Waals surface area contributed by atoms with Gasteiger partial charge in [0.05, 0.1) is 0 Å². The first-order valence-electron chi connectivity index (χ1n) is 11.8. The first kappa shape index (κ1) is 19.5. The first-order chi connectivity index (χ1) is 13.3. The van der Waals surface area contributed by atoms with Crippen molar-refractivity contribution in [3.8, 4) is 5.75 Å². The van der Waals surface area contributed by atoms with Crippen LogP contribution in [0.25, 0.3) is 0 Å². The van der Waals surface area contributed by atoms with E-state index in [2.05, 4.69) is 50.6 Å². The third-order valence-electron chi connectivity index (χ3n) is 8.14. The van der Waals surface area contributed by atoms with Crippen molar-refractivity contribution in [3.63, 3.8) is 0 Å². The van der Waals surface area contributed by atoms with Gasteiger partial charge in [-0.2, -0.15) is 0 Å². The maximum atomic E-state index is 6.65. The molecule has 0 spiro atoms. The minimum atomic E-state index is -0.0550. The van der Waals surface area contributed by atoms with Crippen LogP contribution in [0.15, 0.2) is 12.1 Å². The van der Waals surface area contributed by atoms with E-state index in [9.17, 15) is 0 Å². The molecule has 6 rings (SSSR count). The fraction of sp³-hybridized carbons (Fsp3) is 0.760. The summed E-state index contributed by atoms with van der Waals surface area (Å²) in [5.74, 6) is 4.01. The van der Waals surface area contributed by atoms with E-state index >= 15 is 0 Å². The number of rotatable bonds is 3.